The molecule has 0 radical (unpaired) electrons. The number of aromatic nitrogens is 4. The van der Waals surface area contributed by atoms with Crippen molar-refractivity contribution >= 4 is 22.8 Å². The number of nitrogens with one attached hydrogen (secondary N) is 1. The number of pyridine rings is 2. The van der Waals surface area contributed by atoms with Gasteiger partial charge in [-0.25, -0.2) is 4.98 Å². The maximum atomic E-state index is 13.3. The van der Waals surface area contributed by atoms with Crippen molar-refractivity contribution in [3.05, 3.63) is 47.9 Å². The average molecular weight is 427 g/mol. The predicted octanol–water partition coefficient (Wildman–Crippen LogP) is 4.18. The number of halogens is 3. The zero-order valence-electron chi connectivity index (χ0n) is 16.8. The van der Waals surface area contributed by atoms with Crippen LogP contribution in [0.5, 0.6) is 0 Å². The smallest absolute Gasteiger partial charge is 0.365 e. The van der Waals surface area contributed by atoms with E-state index in [1.54, 1.807) is 18.3 Å². The van der Waals surface area contributed by atoms with Gasteiger partial charge >= 0.3 is 6.18 Å². The molecule has 1 fully saturated rings. The van der Waals surface area contributed by atoms with Gasteiger partial charge in [0.1, 0.15) is 11.5 Å². The van der Waals surface area contributed by atoms with E-state index in [1.165, 1.54) is 12.1 Å². The predicted molar refractivity (Wildman–Crippen MR) is 109 cm³/mol. The number of alkyl halides is 3. The highest BCUT2D eigenvalue weighted by Gasteiger charge is 2.35. The van der Waals surface area contributed by atoms with Crippen LogP contribution in [0.25, 0.3) is 11.0 Å². The number of piperidine rings is 1. The molecular weight excluding hydrogens is 407 g/mol. The Kier molecular flexibility index (Phi) is 5.35. The normalized spacial score (nSPS) is 16.2. The summed E-state index contributed by atoms with van der Waals surface area (Å²) in [5.41, 5.74) is -0.826. The molecule has 0 unspecified atom stereocenters. The number of fused-ring (bicyclic) bond motifs is 1. The van der Waals surface area contributed by atoms with Crippen LogP contribution >= 0.6 is 0 Å². The lowest BCUT2D eigenvalue weighted by molar-refractivity contribution is -0.141. The third-order valence-corrected chi connectivity index (χ3v) is 5.49. The quantitative estimate of drug-likeness (QED) is 0.668. The molecule has 1 aliphatic rings. The largest absolute Gasteiger partial charge is 0.433 e. The number of nitriles is 1. The van der Waals surface area contributed by atoms with Crippen molar-refractivity contribution in [2.45, 2.75) is 32.5 Å². The van der Waals surface area contributed by atoms with E-state index in [0.717, 1.165) is 6.20 Å². The van der Waals surface area contributed by atoms with Gasteiger partial charge in [-0.15, -0.1) is 0 Å². The van der Waals surface area contributed by atoms with E-state index in [4.69, 9.17) is 0 Å². The standard InChI is InChI=1S/C21H20F3N7/c1-20(13-25)6-10-31(11-7-20)19-29-17-15(5-3-9-27-17)18(30-19)28-12-14-4-2-8-26-16(14)21(22,23)24/h2-5,8-9H,6-7,10-12H2,1H3,(H,27,28,29,30). The summed E-state index contributed by atoms with van der Waals surface area (Å²) in [6, 6.07) is 8.71. The summed E-state index contributed by atoms with van der Waals surface area (Å²) in [6.07, 6.45) is -0.449. The van der Waals surface area contributed by atoms with Gasteiger partial charge in [-0.2, -0.15) is 28.4 Å². The van der Waals surface area contributed by atoms with E-state index < -0.39 is 11.9 Å². The van der Waals surface area contributed by atoms with Gasteiger partial charge in [0.05, 0.1) is 16.9 Å². The number of hydrogen-bond acceptors (Lipinski definition) is 7. The highest BCUT2D eigenvalue weighted by Crippen LogP contribution is 2.33. The molecule has 160 valence electrons. The van der Waals surface area contributed by atoms with Crippen LogP contribution in [0.2, 0.25) is 0 Å². The fourth-order valence-corrected chi connectivity index (χ4v) is 3.55. The fourth-order valence-electron chi connectivity index (χ4n) is 3.55. The summed E-state index contributed by atoms with van der Waals surface area (Å²) in [7, 11) is 0. The molecule has 4 rings (SSSR count). The second kappa shape index (κ2) is 7.98. The van der Waals surface area contributed by atoms with Gasteiger partial charge in [0.15, 0.2) is 5.65 Å². The van der Waals surface area contributed by atoms with E-state index in [-0.39, 0.29) is 17.5 Å². The number of anilines is 2. The summed E-state index contributed by atoms with van der Waals surface area (Å²) in [5, 5.41) is 13.0. The van der Waals surface area contributed by atoms with Crippen LogP contribution in [0.15, 0.2) is 36.7 Å². The Balaban J connectivity index is 1.64. The van der Waals surface area contributed by atoms with Gasteiger partial charge in [0.25, 0.3) is 0 Å². The van der Waals surface area contributed by atoms with Crippen molar-refractivity contribution in [3.8, 4) is 6.07 Å². The molecular formula is C21H20F3N7. The Hall–Kier alpha value is -3.48. The monoisotopic (exact) mass is 427 g/mol. The van der Waals surface area contributed by atoms with Crippen LogP contribution < -0.4 is 10.2 Å². The van der Waals surface area contributed by atoms with E-state index in [1.807, 2.05) is 11.8 Å². The van der Waals surface area contributed by atoms with Crippen LogP contribution in [0.1, 0.15) is 31.0 Å². The van der Waals surface area contributed by atoms with Crippen molar-refractivity contribution < 1.29 is 13.2 Å². The molecule has 4 heterocycles. The molecule has 3 aromatic heterocycles. The first-order valence-corrected chi connectivity index (χ1v) is 9.83. The first kappa shape index (κ1) is 20.8. The van der Waals surface area contributed by atoms with Gasteiger partial charge in [-0.1, -0.05) is 6.07 Å². The van der Waals surface area contributed by atoms with Crippen molar-refractivity contribution in [2.75, 3.05) is 23.3 Å². The van der Waals surface area contributed by atoms with E-state index in [0.29, 0.717) is 48.7 Å². The Morgan fingerprint density at radius 1 is 1.13 bits per heavy atom. The molecule has 3 aromatic rings. The van der Waals surface area contributed by atoms with E-state index in [9.17, 15) is 18.4 Å². The van der Waals surface area contributed by atoms with Crippen LogP contribution in [-0.4, -0.2) is 33.0 Å². The zero-order valence-corrected chi connectivity index (χ0v) is 16.8. The Bertz CT molecular complexity index is 1130. The molecule has 0 amide bonds. The lowest BCUT2D eigenvalue weighted by Crippen LogP contribution is -2.39. The molecule has 1 N–H and O–H groups in total. The number of nitrogens with zero attached hydrogens (tertiary/aromatic N) is 6. The average Bonchev–Trinajstić information content (AvgIpc) is 2.77. The minimum absolute atomic E-state index is 0.0231. The molecule has 0 spiro atoms. The SMILES string of the molecule is CC1(C#N)CCN(c2nc(NCc3cccnc3C(F)(F)F)c3cccnc3n2)CC1. The lowest BCUT2D eigenvalue weighted by atomic mass is 9.82. The van der Waals surface area contributed by atoms with E-state index >= 15 is 0 Å². The van der Waals surface area contributed by atoms with E-state index in [2.05, 4.69) is 31.3 Å². The minimum Gasteiger partial charge on any atom is -0.365 e. The zero-order chi connectivity index (χ0) is 22.1. The molecule has 0 bridgehead atoms. The molecule has 0 aromatic carbocycles. The number of hydrogen-bond donors (Lipinski definition) is 1. The Labute approximate surface area is 177 Å². The summed E-state index contributed by atoms with van der Waals surface area (Å²) in [4.78, 5) is 18.9. The molecule has 31 heavy (non-hydrogen) atoms. The van der Waals surface area contributed by atoms with Crippen LogP contribution in [0.3, 0.4) is 0 Å². The molecule has 0 atom stereocenters. The van der Waals surface area contributed by atoms with Crippen molar-refractivity contribution in [1.82, 2.24) is 19.9 Å². The van der Waals surface area contributed by atoms with Gasteiger partial charge in [-0.05, 0) is 38.0 Å². The lowest BCUT2D eigenvalue weighted by Gasteiger charge is -2.35. The topological polar surface area (TPSA) is 90.6 Å². The highest BCUT2D eigenvalue weighted by atomic mass is 19.4. The van der Waals surface area contributed by atoms with Crippen molar-refractivity contribution in [1.29, 1.82) is 5.26 Å². The Morgan fingerprint density at radius 3 is 2.55 bits per heavy atom. The van der Waals surface area contributed by atoms with Crippen LogP contribution in [-0.2, 0) is 12.7 Å². The first-order valence-electron chi connectivity index (χ1n) is 9.83. The van der Waals surface area contributed by atoms with Gasteiger partial charge in [0.2, 0.25) is 5.95 Å². The molecule has 10 heteroatoms. The van der Waals surface area contributed by atoms with Crippen LogP contribution in [0.4, 0.5) is 24.9 Å². The van der Waals surface area contributed by atoms with Crippen molar-refractivity contribution in [3.63, 3.8) is 0 Å². The first-order chi connectivity index (χ1) is 14.8. The number of rotatable bonds is 4. The van der Waals surface area contributed by atoms with Crippen molar-refractivity contribution in [2.24, 2.45) is 5.41 Å². The summed E-state index contributed by atoms with van der Waals surface area (Å²) in [6.45, 7) is 3.06. The third-order valence-electron chi connectivity index (χ3n) is 5.49. The fraction of sp³-hybridized carbons (Fsp3) is 0.381. The molecule has 0 saturated carbocycles. The maximum Gasteiger partial charge on any atom is 0.433 e. The summed E-state index contributed by atoms with van der Waals surface area (Å²) >= 11 is 0. The molecule has 0 aliphatic carbocycles. The maximum absolute atomic E-state index is 13.3. The minimum atomic E-state index is -4.54. The van der Waals surface area contributed by atoms with Gasteiger partial charge in [-0.3, -0.25) is 4.98 Å². The highest BCUT2D eigenvalue weighted by molar-refractivity contribution is 5.87. The third kappa shape index (κ3) is 4.35. The summed E-state index contributed by atoms with van der Waals surface area (Å²) < 4.78 is 39.8. The van der Waals surface area contributed by atoms with Crippen LogP contribution in [0, 0.1) is 16.7 Å². The van der Waals surface area contributed by atoms with Gasteiger partial charge < -0.3 is 10.2 Å². The second-order valence-corrected chi connectivity index (χ2v) is 7.77. The molecule has 1 aliphatic heterocycles. The Morgan fingerprint density at radius 2 is 1.84 bits per heavy atom. The molecule has 1 saturated heterocycles. The second-order valence-electron chi connectivity index (χ2n) is 7.77. The summed E-state index contributed by atoms with van der Waals surface area (Å²) in [5.74, 6) is 0.842. The molecule has 7 nitrogen and oxygen atoms in total. The van der Waals surface area contributed by atoms with Gasteiger partial charge in [0, 0.05) is 37.6 Å².